The number of cyclic esters (lactones) is 1. The Morgan fingerprint density at radius 2 is 1.64 bits per heavy atom. The number of carbonyl (C=O) groups is 7. The number of allylic oxidation sites excluding steroid dienone is 1. The molecule has 0 bridgehead atoms. The third kappa shape index (κ3) is 9.58. The van der Waals surface area contributed by atoms with Crippen molar-refractivity contribution in [3.63, 3.8) is 0 Å². The van der Waals surface area contributed by atoms with Gasteiger partial charge in [-0.25, -0.2) is 9.18 Å². The molecule has 1 aliphatic carbocycles. The van der Waals surface area contributed by atoms with Gasteiger partial charge in [-0.1, -0.05) is 57.2 Å². The highest BCUT2D eigenvalue weighted by molar-refractivity contribution is 5.99. The number of nitrogens with one attached hydrogen (secondary N) is 3. The second kappa shape index (κ2) is 18.9. The number of nitrogens with zero attached hydrogens (tertiary/aromatic N) is 3. The number of fused-ring (bicyclic) bond motifs is 2. The van der Waals surface area contributed by atoms with Gasteiger partial charge in [-0.15, -0.1) is 0 Å². The number of hydrogen-bond donors (Lipinski definition) is 3. The fourth-order valence-electron chi connectivity index (χ4n) is 8.47. The predicted molar refractivity (Wildman–Crippen MR) is 204 cm³/mol. The second-order valence-electron chi connectivity index (χ2n) is 15.6. The number of hydrogen-bond acceptors (Lipinski definition) is 8. The van der Waals surface area contributed by atoms with E-state index in [0.717, 1.165) is 19.3 Å². The molecule has 5 rings (SSSR count). The molecule has 6 amide bonds. The summed E-state index contributed by atoms with van der Waals surface area (Å²) >= 11 is 0. The number of ether oxygens (including phenoxy) is 1. The van der Waals surface area contributed by atoms with Crippen LogP contribution in [0.3, 0.4) is 0 Å². The van der Waals surface area contributed by atoms with Gasteiger partial charge in [0, 0.05) is 26.6 Å². The number of unbranched alkanes of at least 4 members (excludes halogenated alkanes) is 2. The highest BCUT2D eigenvalue weighted by Gasteiger charge is 2.51. The topological polar surface area (TPSA) is 175 Å². The van der Waals surface area contributed by atoms with Crippen LogP contribution in [0.1, 0.15) is 103 Å². The number of rotatable bonds is 9. The average Bonchev–Trinajstić information content (AvgIpc) is 3.88. The molecule has 56 heavy (non-hydrogen) atoms. The van der Waals surface area contributed by atoms with Crippen LogP contribution in [0.4, 0.5) is 4.39 Å². The van der Waals surface area contributed by atoms with Crippen molar-refractivity contribution in [2.24, 2.45) is 0 Å². The Bertz CT molecular complexity index is 1680. The maximum Gasteiger partial charge on any atom is 0.329 e. The zero-order chi connectivity index (χ0) is 40.6. The van der Waals surface area contributed by atoms with E-state index in [1.807, 2.05) is 6.92 Å². The molecule has 4 fully saturated rings. The summed E-state index contributed by atoms with van der Waals surface area (Å²) in [4.78, 5) is 102. The molecule has 1 saturated carbocycles. The van der Waals surface area contributed by atoms with E-state index in [0.29, 0.717) is 63.4 Å². The fraction of sp³-hybridized carbons (Fsp3) is 0.634. The van der Waals surface area contributed by atoms with E-state index in [1.165, 1.54) is 45.9 Å². The maximum atomic E-state index is 14.7. The first kappa shape index (κ1) is 42.3. The summed E-state index contributed by atoms with van der Waals surface area (Å²) in [6.07, 6.45) is 8.67. The summed E-state index contributed by atoms with van der Waals surface area (Å²) in [6, 6.07) is -0.142. The lowest BCUT2D eigenvalue weighted by Gasteiger charge is -2.45. The Labute approximate surface area is 328 Å². The van der Waals surface area contributed by atoms with E-state index in [9.17, 15) is 38.0 Å². The van der Waals surface area contributed by atoms with Crippen LogP contribution in [0.2, 0.25) is 0 Å². The van der Waals surface area contributed by atoms with Crippen LogP contribution >= 0.6 is 0 Å². The number of likely N-dealkylation sites (N-methyl/N-ethyl adjacent to an activating group) is 1. The molecule has 4 aliphatic rings. The fourth-order valence-corrected chi connectivity index (χ4v) is 8.47. The molecule has 1 aromatic rings. The lowest BCUT2D eigenvalue weighted by atomic mass is 9.79. The number of carbonyl (C=O) groups excluding carboxylic acids is 7. The Balaban J connectivity index is 1.50. The van der Waals surface area contributed by atoms with Crippen molar-refractivity contribution in [2.45, 2.75) is 146 Å². The van der Waals surface area contributed by atoms with Crippen LogP contribution in [-0.4, -0.2) is 118 Å². The van der Waals surface area contributed by atoms with E-state index in [4.69, 9.17) is 4.74 Å². The molecular formula is C41H57FN6O8. The van der Waals surface area contributed by atoms with Crippen molar-refractivity contribution in [2.75, 3.05) is 20.1 Å². The van der Waals surface area contributed by atoms with Gasteiger partial charge in [-0.3, -0.25) is 28.8 Å². The average molecular weight is 781 g/mol. The molecule has 0 radical (unpaired) electrons. The van der Waals surface area contributed by atoms with Crippen molar-refractivity contribution in [3.05, 3.63) is 47.8 Å². The molecular weight excluding hydrogens is 723 g/mol. The summed E-state index contributed by atoms with van der Waals surface area (Å²) in [6.45, 7) is 5.46. The monoisotopic (exact) mass is 780 g/mol. The van der Waals surface area contributed by atoms with E-state index in [1.54, 1.807) is 26.1 Å². The van der Waals surface area contributed by atoms with Crippen molar-refractivity contribution >= 4 is 41.4 Å². The smallest absolute Gasteiger partial charge is 0.329 e. The third-order valence-electron chi connectivity index (χ3n) is 11.7. The molecule has 0 aromatic heterocycles. The first-order valence-corrected chi connectivity index (χ1v) is 20.2. The van der Waals surface area contributed by atoms with Gasteiger partial charge in [0.1, 0.15) is 47.7 Å². The summed E-state index contributed by atoms with van der Waals surface area (Å²) < 4.78 is 20.1. The third-order valence-corrected chi connectivity index (χ3v) is 11.7. The van der Waals surface area contributed by atoms with Crippen LogP contribution in [0.15, 0.2) is 36.4 Å². The van der Waals surface area contributed by atoms with Crippen LogP contribution < -0.4 is 16.0 Å². The summed E-state index contributed by atoms with van der Waals surface area (Å²) in [5.41, 5.74) is -0.839. The van der Waals surface area contributed by atoms with Crippen LogP contribution in [0.25, 0.3) is 0 Å². The van der Waals surface area contributed by atoms with Crippen LogP contribution in [0.5, 0.6) is 0 Å². The van der Waals surface area contributed by atoms with Gasteiger partial charge in [0.05, 0.1) is 0 Å². The molecule has 15 heteroatoms. The molecule has 1 spiro atoms. The van der Waals surface area contributed by atoms with Crippen molar-refractivity contribution in [1.82, 2.24) is 30.7 Å². The van der Waals surface area contributed by atoms with Gasteiger partial charge in [-0.05, 0) is 82.6 Å². The summed E-state index contributed by atoms with van der Waals surface area (Å²) in [5, 5.41) is 8.27. The predicted octanol–water partition coefficient (Wildman–Crippen LogP) is 2.68. The van der Waals surface area contributed by atoms with E-state index >= 15 is 0 Å². The van der Waals surface area contributed by atoms with Gasteiger partial charge >= 0.3 is 5.97 Å². The lowest BCUT2D eigenvalue weighted by molar-refractivity contribution is -0.164. The molecule has 3 aliphatic heterocycles. The standard InChI is InChI=1S/C41H57FN6O8/c1-5-6-7-9-19-33(49)44-30(25-28-15-12-16-29(42)24-28)35(50)45-34-27(3)56-39(54)32-18-14-23-48(32)36(51)26(2)43-40(55)41(20-10-8-11-21-41)46(4)37(52)31-17-13-22-47(31)38(34)53/h9,12,15-16,19,24,26-27,30-32,34H,5-8,10-11,13-14,17-18,20-23,25H2,1-4H3,(H,43,55)(H,44,49)(H,45,50)/t26-,27-,30-,31-,32-,34-/m0/s1. The van der Waals surface area contributed by atoms with E-state index in [2.05, 4.69) is 16.0 Å². The van der Waals surface area contributed by atoms with Gasteiger partial charge < -0.3 is 35.4 Å². The molecule has 1 aromatic carbocycles. The van der Waals surface area contributed by atoms with Crippen molar-refractivity contribution < 1.29 is 42.7 Å². The Morgan fingerprint density at radius 1 is 0.964 bits per heavy atom. The minimum Gasteiger partial charge on any atom is -0.458 e. The van der Waals surface area contributed by atoms with Gasteiger partial charge in [0.25, 0.3) is 0 Å². The van der Waals surface area contributed by atoms with Crippen molar-refractivity contribution in [1.29, 1.82) is 0 Å². The molecule has 3 heterocycles. The highest BCUT2D eigenvalue weighted by atomic mass is 19.1. The van der Waals surface area contributed by atoms with E-state index < -0.39 is 89.1 Å². The van der Waals surface area contributed by atoms with Crippen molar-refractivity contribution in [3.8, 4) is 0 Å². The lowest BCUT2D eigenvalue weighted by Crippen LogP contribution is -2.66. The summed E-state index contributed by atoms with van der Waals surface area (Å²) in [7, 11) is 1.57. The SMILES string of the molecule is CCCCC=CC(=O)N[C@@H](Cc1cccc(F)c1)C(=O)N[C@@H]1C(=O)N2CCC[C@H]2C(=O)N(C)C2(CCCCC2)C(=O)N[C@@H](C)C(=O)N2CCC[C@H]2C(=O)O[C@H]1C. The van der Waals surface area contributed by atoms with E-state index in [-0.39, 0.29) is 19.5 Å². The summed E-state index contributed by atoms with van der Waals surface area (Å²) in [5.74, 6) is -4.71. The van der Waals surface area contributed by atoms with Crippen LogP contribution in [0, 0.1) is 5.82 Å². The van der Waals surface area contributed by atoms with Crippen LogP contribution in [-0.2, 0) is 44.7 Å². The molecule has 3 N–H and O–H groups in total. The quantitative estimate of drug-likeness (QED) is 0.195. The van der Waals surface area contributed by atoms with Gasteiger partial charge in [-0.2, -0.15) is 0 Å². The zero-order valence-corrected chi connectivity index (χ0v) is 33.0. The second-order valence-corrected chi connectivity index (χ2v) is 15.6. The normalized spacial score (nSPS) is 26.8. The Kier molecular flexibility index (Phi) is 14.3. The van der Waals surface area contributed by atoms with Gasteiger partial charge in [0.2, 0.25) is 35.4 Å². The highest BCUT2D eigenvalue weighted by Crippen LogP contribution is 2.36. The number of esters is 1. The largest absolute Gasteiger partial charge is 0.458 e. The minimum atomic E-state index is -1.51. The number of benzene rings is 1. The molecule has 3 saturated heterocycles. The van der Waals surface area contributed by atoms with Gasteiger partial charge in [0.15, 0.2) is 0 Å². The molecule has 0 unspecified atom stereocenters. The first-order valence-electron chi connectivity index (χ1n) is 20.2. The molecule has 306 valence electrons. The Morgan fingerprint density at radius 3 is 2.32 bits per heavy atom. The maximum absolute atomic E-state index is 14.7. The Hall–Kier alpha value is -4.82. The first-order chi connectivity index (χ1) is 26.8. The molecule has 6 atom stereocenters. The molecule has 14 nitrogen and oxygen atoms in total. The number of amides is 6. The number of halogens is 1. The minimum absolute atomic E-state index is 0.121. The zero-order valence-electron chi connectivity index (χ0n) is 33.0.